The summed E-state index contributed by atoms with van der Waals surface area (Å²) in [5.74, 6) is 0.429. The first-order valence-electron chi connectivity index (χ1n) is 16.8. The fourth-order valence-electron chi connectivity index (χ4n) is 5.29. The molecule has 2 heterocycles. The van der Waals surface area contributed by atoms with E-state index in [9.17, 15) is 18.0 Å². The summed E-state index contributed by atoms with van der Waals surface area (Å²) in [7, 11) is -2.24. The normalized spacial score (nSPS) is 10.8. The molecule has 0 fully saturated rings. The molecule has 0 radical (unpaired) electrons. The van der Waals surface area contributed by atoms with Gasteiger partial charge in [0.25, 0.3) is 10.0 Å². The van der Waals surface area contributed by atoms with Crippen LogP contribution < -0.4 is 25.8 Å². The van der Waals surface area contributed by atoms with Crippen molar-refractivity contribution in [3.8, 4) is 5.75 Å². The molecule has 14 heteroatoms. The first-order chi connectivity index (χ1) is 26.5. The summed E-state index contributed by atoms with van der Waals surface area (Å²) < 4.78 is 33.0. The standard InChI is InChI=1S/C24H21N3O4S2.C17H15N3OS/c1-16-6-3-4-9-21(16)23(28)22-15-25-24(32-22)26-17-7-5-8-18(14-17)27-33(29,30)20-12-10-19(31-2)11-13-20;1-11-5-2-3-8-14(11)16(21)15-10-22-17(20-15)19-13-7-4-6-12(18)9-13/h3-15,27H,1-2H3,(H,25,26);2-10H,18H2,1H3,(H,19,20). The van der Waals surface area contributed by atoms with E-state index in [1.807, 2.05) is 80.6 Å². The Kier molecular flexibility index (Phi) is 12.0. The quantitative estimate of drug-likeness (QED) is 0.0693. The molecule has 5 aromatic carbocycles. The van der Waals surface area contributed by atoms with E-state index in [0.29, 0.717) is 54.8 Å². The molecule has 2 aromatic heterocycles. The van der Waals surface area contributed by atoms with Crippen molar-refractivity contribution in [2.75, 3.05) is 28.2 Å². The molecule has 55 heavy (non-hydrogen) atoms. The molecule has 11 nitrogen and oxygen atoms in total. The molecule has 5 N–H and O–H groups in total. The Balaban J connectivity index is 0.000000203. The van der Waals surface area contributed by atoms with Crippen LogP contribution in [0.2, 0.25) is 0 Å². The van der Waals surface area contributed by atoms with Gasteiger partial charge in [-0.05, 0) is 85.6 Å². The third kappa shape index (κ3) is 9.80. The highest BCUT2D eigenvalue weighted by Gasteiger charge is 2.18. The largest absolute Gasteiger partial charge is 0.497 e. The van der Waals surface area contributed by atoms with Gasteiger partial charge in [0.15, 0.2) is 10.3 Å². The number of nitrogen functional groups attached to an aromatic ring is 1. The van der Waals surface area contributed by atoms with Crippen LogP contribution in [-0.4, -0.2) is 37.1 Å². The maximum Gasteiger partial charge on any atom is 0.261 e. The molecule has 0 unspecified atom stereocenters. The van der Waals surface area contributed by atoms with Crippen molar-refractivity contribution in [3.05, 3.63) is 166 Å². The monoisotopic (exact) mass is 788 g/mol. The molecule has 7 rings (SSSR count). The van der Waals surface area contributed by atoms with Crippen molar-refractivity contribution in [2.45, 2.75) is 18.7 Å². The molecule has 278 valence electrons. The second-order valence-corrected chi connectivity index (χ2v) is 15.7. The van der Waals surface area contributed by atoms with Gasteiger partial charge in [0, 0.05) is 33.6 Å². The van der Waals surface area contributed by atoms with Gasteiger partial charge in [-0.25, -0.2) is 18.4 Å². The zero-order valence-electron chi connectivity index (χ0n) is 29.9. The van der Waals surface area contributed by atoms with Crippen LogP contribution in [0.15, 0.2) is 138 Å². The van der Waals surface area contributed by atoms with E-state index in [1.54, 1.807) is 47.8 Å². The zero-order valence-corrected chi connectivity index (χ0v) is 32.4. The molecule has 7 aromatic rings. The molecular formula is C41H36N6O5S3. The number of ketones is 2. The van der Waals surface area contributed by atoms with Crippen LogP contribution in [0.1, 0.15) is 42.4 Å². The van der Waals surface area contributed by atoms with E-state index < -0.39 is 10.0 Å². The Hall–Kier alpha value is -6.35. The Labute approximate surface area is 327 Å². The maximum absolute atomic E-state index is 12.8. The van der Waals surface area contributed by atoms with Gasteiger partial charge in [-0.15, -0.1) is 11.3 Å². The van der Waals surface area contributed by atoms with Gasteiger partial charge in [-0.1, -0.05) is 72.0 Å². The predicted molar refractivity (Wildman–Crippen MR) is 221 cm³/mol. The van der Waals surface area contributed by atoms with E-state index in [2.05, 4.69) is 25.3 Å². The average molecular weight is 789 g/mol. The highest BCUT2D eigenvalue weighted by atomic mass is 32.2. The summed E-state index contributed by atoms with van der Waals surface area (Å²) in [6.07, 6.45) is 1.54. The molecule has 0 aliphatic carbocycles. The highest BCUT2D eigenvalue weighted by molar-refractivity contribution is 7.92. The molecule has 0 amide bonds. The zero-order chi connectivity index (χ0) is 39.0. The number of anilines is 6. The maximum atomic E-state index is 12.8. The van der Waals surface area contributed by atoms with Gasteiger partial charge in [0.05, 0.1) is 28.8 Å². The minimum Gasteiger partial charge on any atom is -0.497 e. The van der Waals surface area contributed by atoms with E-state index in [4.69, 9.17) is 10.5 Å². The number of nitrogens with one attached hydrogen (secondary N) is 3. The van der Waals surface area contributed by atoms with Crippen molar-refractivity contribution in [2.24, 2.45) is 0 Å². The lowest BCUT2D eigenvalue weighted by Gasteiger charge is -2.10. The lowest BCUT2D eigenvalue weighted by molar-refractivity contribution is 0.102. The van der Waals surface area contributed by atoms with Crippen LogP contribution >= 0.6 is 22.7 Å². The van der Waals surface area contributed by atoms with Crippen LogP contribution in [0.4, 0.5) is 33.0 Å². The van der Waals surface area contributed by atoms with Crippen LogP contribution in [0.25, 0.3) is 0 Å². The lowest BCUT2D eigenvalue weighted by atomic mass is 10.0. The number of thiazole rings is 2. The number of aryl methyl sites for hydroxylation is 2. The Bertz CT molecular complexity index is 2570. The summed E-state index contributed by atoms with van der Waals surface area (Å²) in [4.78, 5) is 34.6. The number of hydrogen-bond donors (Lipinski definition) is 4. The number of hydrogen-bond acceptors (Lipinski definition) is 12. The molecule has 0 aliphatic rings. The van der Waals surface area contributed by atoms with Crippen LogP contribution in [0, 0.1) is 13.8 Å². The summed E-state index contributed by atoms with van der Waals surface area (Å²) in [6.45, 7) is 3.82. The van der Waals surface area contributed by atoms with E-state index >= 15 is 0 Å². The van der Waals surface area contributed by atoms with Crippen molar-refractivity contribution in [1.82, 2.24) is 9.97 Å². The van der Waals surface area contributed by atoms with Gasteiger partial charge >= 0.3 is 0 Å². The van der Waals surface area contributed by atoms with Crippen molar-refractivity contribution >= 4 is 77.3 Å². The van der Waals surface area contributed by atoms with Gasteiger partial charge < -0.3 is 21.1 Å². The second kappa shape index (κ2) is 17.2. The third-order valence-electron chi connectivity index (χ3n) is 8.12. The van der Waals surface area contributed by atoms with Gasteiger partial charge in [0.2, 0.25) is 11.6 Å². The summed E-state index contributed by atoms with van der Waals surface area (Å²) >= 11 is 2.63. The Morgan fingerprint density at radius 3 is 1.96 bits per heavy atom. The molecule has 0 saturated heterocycles. The number of aromatic nitrogens is 2. The number of nitrogens with zero attached hydrogens (tertiary/aromatic N) is 2. The fourth-order valence-corrected chi connectivity index (χ4v) is 7.84. The number of ether oxygens (including phenoxy) is 1. The Morgan fingerprint density at radius 2 is 1.31 bits per heavy atom. The predicted octanol–water partition coefficient (Wildman–Crippen LogP) is 9.24. The van der Waals surface area contributed by atoms with Gasteiger partial charge in [0.1, 0.15) is 11.4 Å². The molecule has 0 bridgehead atoms. The number of nitrogens with two attached hydrogens (primary N) is 1. The summed E-state index contributed by atoms with van der Waals surface area (Å²) in [5, 5.41) is 9.26. The average Bonchev–Trinajstić information content (AvgIpc) is 3.85. The smallest absolute Gasteiger partial charge is 0.261 e. The molecular weight excluding hydrogens is 753 g/mol. The minimum atomic E-state index is -3.76. The van der Waals surface area contributed by atoms with Crippen molar-refractivity contribution in [1.29, 1.82) is 0 Å². The summed E-state index contributed by atoms with van der Waals surface area (Å²) in [6, 6.07) is 35.3. The first kappa shape index (κ1) is 38.4. The Morgan fingerprint density at radius 1 is 0.709 bits per heavy atom. The lowest BCUT2D eigenvalue weighted by Crippen LogP contribution is -2.12. The topological polar surface area (TPSA) is 165 Å². The van der Waals surface area contributed by atoms with Crippen molar-refractivity contribution in [3.63, 3.8) is 0 Å². The fraction of sp³-hybridized carbons (Fsp3) is 0.0732. The summed E-state index contributed by atoms with van der Waals surface area (Å²) in [5.41, 5.74) is 11.9. The van der Waals surface area contributed by atoms with E-state index in [-0.39, 0.29) is 16.5 Å². The number of carbonyl (C=O) groups excluding carboxylic acids is 2. The first-order valence-corrected chi connectivity index (χ1v) is 20.0. The van der Waals surface area contributed by atoms with Crippen LogP contribution in [0.3, 0.4) is 0 Å². The number of carbonyl (C=O) groups is 2. The van der Waals surface area contributed by atoms with E-state index in [0.717, 1.165) is 16.8 Å². The van der Waals surface area contributed by atoms with Crippen LogP contribution in [0.5, 0.6) is 5.75 Å². The van der Waals surface area contributed by atoms with Gasteiger partial charge in [-0.3, -0.25) is 14.3 Å². The number of methoxy groups -OCH3 is 1. The highest BCUT2D eigenvalue weighted by Crippen LogP contribution is 2.28. The second-order valence-electron chi connectivity index (χ2n) is 12.1. The third-order valence-corrected chi connectivity index (χ3v) is 11.2. The number of benzene rings is 5. The van der Waals surface area contributed by atoms with E-state index in [1.165, 1.54) is 48.1 Å². The molecule has 0 saturated carbocycles. The van der Waals surface area contributed by atoms with Crippen LogP contribution in [-0.2, 0) is 10.0 Å². The number of sulfonamides is 1. The number of rotatable bonds is 12. The molecule has 0 atom stereocenters. The van der Waals surface area contributed by atoms with Crippen molar-refractivity contribution < 1.29 is 22.7 Å². The SMILES string of the molecule is COc1ccc(S(=O)(=O)Nc2cccc(Nc3ncc(C(=O)c4ccccc4C)s3)c2)cc1.Cc1ccccc1C(=O)c1csc(Nc2cccc(N)c2)n1. The molecule has 0 spiro atoms. The van der Waals surface area contributed by atoms with Gasteiger partial charge in [-0.2, -0.15) is 0 Å². The minimum absolute atomic E-state index is 0.0602. The molecule has 0 aliphatic heterocycles.